The molecule has 0 aliphatic heterocycles. The van der Waals surface area contributed by atoms with Crippen LogP contribution in [0.5, 0.6) is 0 Å². The molecule has 1 aliphatic rings. The number of amides is 1. The van der Waals surface area contributed by atoms with Crippen LogP contribution in [0.2, 0.25) is 0 Å². The average Bonchev–Trinajstić information content (AvgIpc) is 3.18. The van der Waals surface area contributed by atoms with Gasteiger partial charge in [-0.1, -0.05) is 12.8 Å². The lowest BCUT2D eigenvalue weighted by atomic mass is 10.1. The van der Waals surface area contributed by atoms with Crippen molar-refractivity contribution in [2.24, 2.45) is 5.92 Å². The van der Waals surface area contributed by atoms with Crippen molar-refractivity contribution in [2.75, 3.05) is 6.54 Å². The standard InChI is InChI=1S/C13H15FN2O3/c14-10-5-6-12(16(18)19)11(8-10)13(17)15-7-1-2-9-3-4-9/h5-6,8-9H,1-4,7H2,(H,15,17). The van der Waals surface area contributed by atoms with Crippen LogP contribution in [0.1, 0.15) is 36.0 Å². The summed E-state index contributed by atoms with van der Waals surface area (Å²) in [5, 5.41) is 13.4. The lowest BCUT2D eigenvalue weighted by Crippen LogP contribution is -2.25. The molecule has 19 heavy (non-hydrogen) atoms. The Hall–Kier alpha value is -1.98. The van der Waals surface area contributed by atoms with Crippen LogP contribution in [0.3, 0.4) is 0 Å². The molecule has 1 aromatic rings. The van der Waals surface area contributed by atoms with Crippen LogP contribution in [0.4, 0.5) is 10.1 Å². The molecule has 1 saturated carbocycles. The topological polar surface area (TPSA) is 72.2 Å². The number of hydrogen-bond acceptors (Lipinski definition) is 3. The molecule has 5 nitrogen and oxygen atoms in total. The summed E-state index contributed by atoms with van der Waals surface area (Å²) in [5.74, 6) is -0.476. The zero-order valence-electron chi connectivity index (χ0n) is 10.4. The van der Waals surface area contributed by atoms with Gasteiger partial charge in [0.1, 0.15) is 11.4 Å². The van der Waals surface area contributed by atoms with Crippen LogP contribution in [0, 0.1) is 21.8 Å². The van der Waals surface area contributed by atoms with E-state index in [1.807, 2.05) is 0 Å². The lowest BCUT2D eigenvalue weighted by molar-refractivity contribution is -0.385. The zero-order valence-corrected chi connectivity index (χ0v) is 10.4. The van der Waals surface area contributed by atoms with Crippen LogP contribution in [-0.2, 0) is 0 Å². The van der Waals surface area contributed by atoms with E-state index in [9.17, 15) is 19.3 Å². The Morgan fingerprint density at radius 3 is 2.84 bits per heavy atom. The van der Waals surface area contributed by atoms with E-state index in [2.05, 4.69) is 5.32 Å². The smallest absolute Gasteiger partial charge is 0.282 e. The summed E-state index contributed by atoms with van der Waals surface area (Å²) in [6.07, 6.45) is 4.41. The van der Waals surface area contributed by atoms with Gasteiger partial charge in [-0.15, -0.1) is 0 Å². The largest absolute Gasteiger partial charge is 0.352 e. The maximum Gasteiger partial charge on any atom is 0.282 e. The molecular weight excluding hydrogens is 251 g/mol. The minimum Gasteiger partial charge on any atom is -0.352 e. The summed E-state index contributed by atoms with van der Waals surface area (Å²) in [7, 11) is 0. The molecule has 1 amide bonds. The Bertz CT molecular complexity index is 501. The van der Waals surface area contributed by atoms with Gasteiger partial charge in [0.15, 0.2) is 0 Å². The molecular formula is C13H15FN2O3. The van der Waals surface area contributed by atoms with Crippen LogP contribution >= 0.6 is 0 Å². The molecule has 1 N–H and O–H groups in total. The van der Waals surface area contributed by atoms with E-state index in [-0.39, 0.29) is 11.3 Å². The first-order valence-corrected chi connectivity index (χ1v) is 6.30. The van der Waals surface area contributed by atoms with Crippen LogP contribution in [0.25, 0.3) is 0 Å². The van der Waals surface area contributed by atoms with Crippen molar-refractivity contribution in [1.29, 1.82) is 0 Å². The van der Waals surface area contributed by atoms with Gasteiger partial charge < -0.3 is 5.32 Å². The molecule has 0 radical (unpaired) electrons. The number of hydrogen-bond donors (Lipinski definition) is 1. The average molecular weight is 266 g/mol. The highest BCUT2D eigenvalue weighted by Crippen LogP contribution is 2.33. The molecule has 102 valence electrons. The van der Waals surface area contributed by atoms with Gasteiger partial charge in [0.25, 0.3) is 11.6 Å². The summed E-state index contributed by atoms with van der Waals surface area (Å²) in [4.78, 5) is 21.9. The quantitative estimate of drug-likeness (QED) is 0.488. The summed E-state index contributed by atoms with van der Waals surface area (Å²) in [6.45, 7) is 0.461. The van der Waals surface area contributed by atoms with E-state index in [1.165, 1.54) is 12.8 Å². The summed E-state index contributed by atoms with van der Waals surface area (Å²) < 4.78 is 13.1. The van der Waals surface area contributed by atoms with Gasteiger partial charge in [0.05, 0.1) is 4.92 Å². The fraction of sp³-hybridized carbons (Fsp3) is 0.462. The molecule has 0 heterocycles. The van der Waals surface area contributed by atoms with Crippen molar-refractivity contribution in [3.63, 3.8) is 0 Å². The molecule has 1 aliphatic carbocycles. The summed E-state index contributed by atoms with van der Waals surface area (Å²) in [5.41, 5.74) is -0.600. The van der Waals surface area contributed by atoms with Gasteiger partial charge in [-0.05, 0) is 30.9 Å². The molecule has 0 unspecified atom stereocenters. The highest BCUT2D eigenvalue weighted by atomic mass is 19.1. The highest BCUT2D eigenvalue weighted by Gasteiger charge is 2.22. The first-order valence-electron chi connectivity index (χ1n) is 6.30. The second-order valence-electron chi connectivity index (χ2n) is 4.76. The Labute approximate surface area is 110 Å². The van der Waals surface area contributed by atoms with E-state index in [4.69, 9.17) is 0 Å². The second kappa shape index (κ2) is 5.77. The molecule has 1 fully saturated rings. The van der Waals surface area contributed by atoms with Crippen molar-refractivity contribution in [2.45, 2.75) is 25.7 Å². The number of rotatable bonds is 6. The highest BCUT2D eigenvalue weighted by molar-refractivity contribution is 5.98. The zero-order chi connectivity index (χ0) is 13.8. The Kier molecular flexibility index (Phi) is 4.09. The van der Waals surface area contributed by atoms with Gasteiger partial charge in [-0.2, -0.15) is 0 Å². The number of halogens is 1. The molecule has 0 saturated heterocycles. The van der Waals surface area contributed by atoms with Crippen molar-refractivity contribution in [3.05, 3.63) is 39.7 Å². The van der Waals surface area contributed by atoms with Gasteiger partial charge in [-0.25, -0.2) is 4.39 Å². The van der Waals surface area contributed by atoms with Crippen molar-refractivity contribution in [3.8, 4) is 0 Å². The number of nitrogens with one attached hydrogen (secondary N) is 1. The maximum absolute atomic E-state index is 13.1. The third-order valence-electron chi connectivity index (χ3n) is 3.17. The third-order valence-corrected chi connectivity index (χ3v) is 3.17. The van der Waals surface area contributed by atoms with E-state index in [1.54, 1.807) is 0 Å². The van der Waals surface area contributed by atoms with E-state index in [0.29, 0.717) is 6.54 Å². The van der Waals surface area contributed by atoms with E-state index in [0.717, 1.165) is 37.0 Å². The molecule has 6 heteroatoms. The number of benzene rings is 1. The fourth-order valence-electron chi connectivity index (χ4n) is 1.94. The maximum atomic E-state index is 13.1. The summed E-state index contributed by atoms with van der Waals surface area (Å²) >= 11 is 0. The van der Waals surface area contributed by atoms with Gasteiger partial charge in [0.2, 0.25) is 0 Å². The Balaban J connectivity index is 1.96. The van der Waals surface area contributed by atoms with Gasteiger partial charge in [-0.3, -0.25) is 14.9 Å². The monoisotopic (exact) mass is 266 g/mol. The number of carbonyl (C=O) groups is 1. The summed E-state index contributed by atoms with van der Waals surface area (Å²) in [6, 6.07) is 2.88. The van der Waals surface area contributed by atoms with Gasteiger partial charge in [0, 0.05) is 12.6 Å². The van der Waals surface area contributed by atoms with E-state index >= 15 is 0 Å². The predicted octanol–water partition coefficient (Wildman–Crippen LogP) is 2.65. The third kappa shape index (κ3) is 3.74. The second-order valence-corrected chi connectivity index (χ2v) is 4.76. The molecule has 1 aromatic carbocycles. The fourth-order valence-corrected chi connectivity index (χ4v) is 1.94. The number of nitrogens with zero attached hydrogens (tertiary/aromatic N) is 1. The predicted molar refractivity (Wildman–Crippen MR) is 67.3 cm³/mol. The normalized spacial score (nSPS) is 14.2. The van der Waals surface area contributed by atoms with Crippen molar-refractivity contribution < 1.29 is 14.1 Å². The first kappa shape index (κ1) is 13.5. The van der Waals surface area contributed by atoms with E-state index < -0.39 is 16.6 Å². The number of carbonyl (C=O) groups excluding carboxylic acids is 1. The lowest BCUT2D eigenvalue weighted by Gasteiger charge is -2.05. The van der Waals surface area contributed by atoms with Crippen molar-refractivity contribution >= 4 is 11.6 Å². The molecule has 0 bridgehead atoms. The Morgan fingerprint density at radius 2 is 2.21 bits per heavy atom. The SMILES string of the molecule is O=C(NCCCC1CC1)c1cc(F)ccc1[N+](=O)[O-]. The number of nitro benzene ring substituents is 1. The number of nitro groups is 1. The molecule has 0 aromatic heterocycles. The van der Waals surface area contributed by atoms with Crippen molar-refractivity contribution in [1.82, 2.24) is 5.32 Å². The minimum absolute atomic E-state index is 0.226. The van der Waals surface area contributed by atoms with Crippen LogP contribution in [-0.4, -0.2) is 17.4 Å². The molecule has 2 rings (SSSR count). The van der Waals surface area contributed by atoms with Crippen LogP contribution < -0.4 is 5.32 Å². The first-order chi connectivity index (χ1) is 9.08. The van der Waals surface area contributed by atoms with Gasteiger partial charge >= 0.3 is 0 Å². The van der Waals surface area contributed by atoms with Crippen LogP contribution in [0.15, 0.2) is 18.2 Å². The molecule has 0 spiro atoms. The molecule has 0 atom stereocenters. The Morgan fingerprint density at radius 1 is 1.47 bits per heavy atom. The minimum atomic E-state index is -0.682.